The molecule has 0 bridgehead atoms. The Morgan fingerprint density at radius 3 is 2.74 bits per heavy atom. The van der Waals surface area contributed by atoms with Crippen molar-refractivity contribution in [2.75, 3.05) is 26.2 Å². The molecule has 2 aliphatic rings. The van der Waals surface area contributed by atoms with Crippen LogP contribution in [0.3, 0.4) is 0 Å². The van der Waals surface area contributed by atoms with Crippen molar-refractivity contribution in [1.29, 1.82) is 0 Å². The van der Waals surface area contributed by atoms with E-state index in [-0.39, 0.29) is 18.4 Å². The maximum absolute atomic E-state index is 13.3. The van der Waals surface area contributed by atoms with Gasteiger partial charge < -0.3 is 14.5 Å². The van der Waals surface area contributed by atoms with E-state index in [9.17, 15) is 9.59 Å². The molecule has 0 N–H and O–H groups in total. The molecular formula is C26H29N5O3. The van der Waals surface area contributed by atoms with E-state index in [1.54, 1.807) is 16.9 Å². The maximum Gasteiger partial charge on any atom is 0.272 e. The van der Waals surface area contributed by atoms with Gasteiger partial charge in [-0.1, -0.05) is 36.4 Å². The summed E-state index contributed by atoms with van der Waals surface area (Å²) in [6, 6.07) is 15.5. The highest BCUT2D eigenvalue weighted by atomic mass is 16.5. The molecule has 8 heteroatoms. The monoisotopic (exact) mass is 459 g/mol. The van der Waals surface area contributed by atoms with Gasteiger partial charge in [0.1, 0.15) is 12.3 Å². The number of aryl methyl sites for hydroxylation is 1. The van der Waals surface area contributed by atoms with Crippen LogP contribution >= 0.6 is 0 Å². The van der Waals surface area contributed by atoms with Crippen LogP contribution in [-0.4, -0.2) is 68.2 Å². The average molecular weight is 460 g/mol. The molecule has 2 saturated heterocycles. The summed E-state index contributed by atoms with van der Waals surface area (Å²) in [6.07, 6.45) is 5.96. The lowest BCUT2D eigenvalue weighted by Crippen LogP contribution is -2.54. The van der Waals surface area contributed by atoms with E-state index >= 15 is 0 Å². The molecule has 1 unspecified atom stereocenters. The van der Waals surface area contributed by atoms with Crippen LogP contribution in [0.2, 0.25) is 0 Å². The number of carbonyl (C=O) groups is 2. The normalized spacial score (nSPS) is 21.0. The lowest BCUT2D eigenvalue weighted by atomic mass is 9.92. The number of ether oxygens (including phenoxy) is 1. The lowest BCUT2D eigenvalue weighted by molar-refractivity contribution is -0.166. The Labute approximate surface area is 199 Å². The van der Waals surface area contributed by atoms with Gasteiger partial charge in [-0.05, 0) is 37.0 Å². The highest BCUT2D eigenvalue weighted by Crippen LogP contribution is 2.32. The third kappa shape index (κ3) is 4.72. The topological polar surface area (TPSA) is 80.6 Å². The molecule has 2 fully saturated rings. The number of aromatic nitrogens is 3. The second kappa shape index (κ2) is 9.38. The van der Waals surface area contributed by atoms with Crippen molar-refractivity contribution in [3.05, 3.63) is 72.2 Å². The van der Waals surface area contributed by atoms with E-state index < -0.39 is 5.60 Å². The molecule has 2 amide bonds. The molecule has 2 aromatic heterocycles. The highest BCUT2D eigenvalue weighted by molar-refractivity contribution is 5.93. The van der Waals surface area contributed by atoms with Gasteiger partial charge in [0.15, 0.2) is 0 Å². The fourth-order valence-corrected chi connectivity index (χ4v) is 4.84. The predicted molar refractivity (Wildman–Crippen MR) is 127 cm³/mol. The molecule has 2 aliphatic heterocycles. The van der Waals surface area contributed by atoms with E-state index in [4.69, 9.17) is 4.74 Å². The quantitative estimate of drug-likeness (QED) is 0.599. The second-order valence-electron chi connectivity index (χ2n) is 9.16. The van der Waals surface area contributed by atoms with Crippen LogP contribution in [0, 0.1) is 0 Å². The fourth-order valence-electron chi connectivity index (χ4n) is 4.84. The smallest absolute Gasteiger partial charge is 0.272 e. The van der Waals surface area contributed by atoms with Gasteiger partial charge in [0.05, 0.1) is 24.0 Å². The van der Waals surface area contributed by atoms with Gasteiger partial charge in [-0.15, -0.1) is 0 Å². The van der Waals surface area contributed by atoms with Crippen LogP contribution in [0.25, 0.3) is 11.3 Å². The van der Waals surface area contributed by atoms with E-state index in [1.165, 1.54) is 0 Å². The van der Waals surface area contributed by atoms with E-state index in [0.29, 0.717) is 38.3 Å². The summed E-state index contributed by atoms with van der Waals surface area (Å²) in [7, 11) is 1.85. The zero-order valence-corrected chi connectivity index (χ0v) is 19.4. The molecular weight excluding hydrogens is 430 g/mol. The first-order chi connectivity index (χ1) is 16.5. The summed E-state index contributed by atoms with van der Waals surface area (Å²) < 4.78 is 7.84. The largest absolute Gasteiger partial charge is 0.363 e. The summed E-state index contributed by atoms with van der Waals surface area (Å²) in [5.74, 6) is -0.0566. The molecule has 0 aliphatic carbocycles. The van der Waals surface area contributed by atoms with Gasteiger partial charge in [-0.3, -0.25) is 14.3 Å². The zero-order chi connectivity index (χ0) is 23.5. The number of hydrogen-bond acceptors (Lipinski definition) is 5. The van der Waals surface area contributed by atoms with Crippen molar-refractivity contribution in [3.63, 3.8) is 0 Å². The van der Waals surface area contributed by atoms with Gasteiger partial charge in [-0.2, -0.15) is 5.10 Å². The number of morpholine rings is 1. The number of hydrogen-bond donors (Lipinski definition) is 0. The van der Waals surface area contributed by atoms with Gasteiger partial charge in [0.25, 0.3) is 5.91 Å². The minimum Gasteiger partial charge on any atom is -0.363 e. The number of rotatable bonds is 4. The Morgan fingerprint density at radius 1 is 1.09 bits per heavy atom. The molecule has 8 nitrogen and oxygen atoms in total. The van der Waals surface area contributed by atoms with Crippen molar-refractivity contribution in [2.24, 2.45) is 7.05 Å². The highest BCUT2D eigenvalue weighted by Gasteiger charge is 2.41. The Bertz CT molecular complexity index is 1180. The number of benzene rings is 1. The molecule has 0 radical (unpaired) electrons. The summed E-state index contributed by atoms with van der Waals surface area (Å²) in [4.78, 5) is 34.2. The predicted octanol–water partition coefficient (Wildman–Crippen LogP) is 2.91. The van der Waals surface area contributed by atoms with Gasteiger partial charge in [0.2, 0.25) is 5.91 Å². The van der Waals surface area contributed by atoms with Crippen molar-refractivity contribution >= 4 is 11.8 Å². The van der Waals surface area contributed by atoms with Gasteiger partial charge in [0, 0.05) is 38.4 Å². The van der Waals surface area contributed by atoms with Crippen molar-refractivity contribution in [1.82, 2.24) is 24.6 Å². The average Bonchev–Trinajstić information content (AvgIpc) is 3.19. The van der Waals surface area contributed by atoms with Crippen LogP contribution in [0.4, 0.5) is 0 Å². The number of carbonyl (C=O) groups excluding carboxylic acids is 2. The first kappa shape index (κ1) is 22.3. The van der Waals surface area contributed by atoms with E-state index in [0.717, 1.165) is 29.7 Å². The number of nitrogens with zero attached hydrogens (tertiary/aromatic N) is 5. The Balaban J connectivity index is 1.27. The number of amides is 2. The van der Waals surface area contributed by atoms with Gasteiger partial charge >= 0.3 is 0 Å². The van der Waals surface area contributed by atoms with Crippen LogP contribution in [0.1, 0.15) is 35.3 Å². The van der Waals surface area contributed by atoms with Crippen LogP contribution < -0.4 is 0 Å². The maximum atomic E-state index is 13.3. The van der Waals surface area contributed by atoms with Crippen molar-refractivity contribution < 1.29 is 14.3 Å². The molecule has 3 aromatic rings. The Kier molecular flexibility index (Phi) is 6.15. The summed E-state index contributed by atoms with van der Waals surface area (Å²) >= 11 is 0. The molecule has 1 spiro atoms. The molecule has 1 atom stereocenters. The Morgan fingerprint density at radius 2 is 1.94 bits per heavy atom. The molecule has 5 rings (SSSR count). The Hall–Kier alpha value is -3.52. The number of pyridine rings is 1. The first-order valence-electron chi connectivity index (χ1n) is 11.7. The molecule has 0 saturated carbocycles. The summed E-state index contributed by atoms with van der Waals surface area (Å²) in [5, 5.41) is 4.20. The van der Waals surface area contributed by atoms with E-state index in [2.05, 4.69) is 10.1 Å². The number of likely N-dealkylation sites (tertiary alicyclic amines) is 1. The fraction of sp³-hybridized carbons (Fsp3) is 0.385. The lowest BCUT2D eigenvalue weighted by Gasteiger charge is -2.42. The van der Waals surface area contributed by atoms with Crippen molar-refractivity contribution in [3.8, 4) is 11.3 Å². The van der Waals surface area contributed by atoms with Crippen LogP contribution in [0.15, 0.2) is 60.9 Å². The van der Waals surface area contributed by atoms with Crippen LogP contribution in [-0.2, 0) is 23.1 Å². The standard InChI is InChI=1S/C26H29N5O3/c1-29-17-21(15-27-29)22-9-5-10-23(28-22)25(33)30-13-6-11-26(12-14-30)19-31(24(32)18-34-26)16-20-7-3-2-4-8-20/h2-5,7-10,15,17H,6,11-14,16,18-19H2,1H3. The zero-order valence-electron chi connectivity index (χ0n) is 19.4. The van der Waals surface area contributed by atoms with Gasteiger partial charge in [-0.25, -0.2) is 4.98 Å². The molecule has 176 valence electrons. The summed E-state index contributed by atoms with van der Waals surface area (Å²) in [5.41, 5.74) is 2.74. The minimum atomic E-state index is -0.414. The molecule has 4 heterocycles. The minimum absolute atomic E-state index is 0.0167. The van der Waals surface area contributed by atoms with E-state index in [1.807, 2.05) is 65.5 Å². The van der Waals surface area contributed by atoms with Crippen molar-refractivity contribution in [2.45, 2.75) is 31.4 Å². The van der Waals surface area contributed by atoms with Crippen LogP contribution in [0.5, 0.6) is 0 Å². The third-order valence-electron chi connectivity index (χ3n) is 6.70. The summed E-state index contributed by atoms with van der Waals surface area (Å²) in [6.45, 7) is 2.45. The molecule has 34 heavy (non-hydrogen) atoms. The molecule has 1 aromatic carbocycles. The first-order valence-corrected chi connectivity index (χ1v) is 11.7. The third-order valence-corrected chi connectivity index (χ3v) is 6.70. The second-order valence-corrected chi connectivity index (χ2v) is 9.16. The SMILES string of the molecule is Cn1cc(-c2cccc(C(=O)N3CCCC4(CC3)CN(Cc3ccccc3)C(=O)CO4)n2)cn1.